The molecule has 0 atom stereocenters. The fourth-order valence-corrected chi connectivity index (χ4v) is 1.43. The second kappa shape index (κ2) is 13.1. The molecule has 0 saturated heterocycles. The minimum Gasteiger partial charge on any atom is -0.492 e. The van der Waals surface area contributed by atoms with Crippen molar-refractivity contribution in [2.75, 3.05) is 6.61 Å². The Hall–Kier alpha value is -4.15. The number of ether oxygens (including phenoxy) is 1. The highest BCUT2D eigenvalue weighted by Crippen LogP contribution is 2.07. The number of nitrogens with one attached hydrogen (secondary N) is 2. The Labute approximate surface area is 157 Å². The molecule has 4 N–H and O–H groups in total. The molecule has 11 heteroatoms. The molecule has 2 aromatic rings. The fourth-order valence-electron chi connectivity index (χ4n) is 1.43. The standard InChI is InChI=1S/C11H11N3O4.2C3H4O2/c15-9-12-10(16)14(11(17)13-9)6-7-18-8-4-2-1-3-5-8;2*1-2-3(4)5/h1-5H,6-7H2,(H2,12,13,15,16,17);2*2H,1H2,(H,4,5). The number of rotatable bonds is 6. The number of hydrogen-bond acceptors (Lipinski definition) is 6. The van der Waals surface area contributed by atoms with Crippen LogP contribution in [0.5, 0.6) is 5.75 Å². The zero-order valence-electron chi connectivity index (χ0n) is 14.7. The molecule has 0 spiro atoms. The third-order valence-corrected chi connectivity index (χ3v) is 2.61. The number of benzene rings is 1. The molecule has 1 heterocycles. The highest BCUT2D eigenvalue weighted by Gasteiger charge is 2.02. The Kier molecular flexibility index (Phi) is 11.2. The van der Waals surface area contributed by atoms with Crippen molar-refractivity contribution in [2.45, 2.75) is 6.54 Å². The SMILES string of the molecule is C=CC(=O)O.C=CC(=O)O.O=c1[nH]c(=O)n(CCOc2ccccc2)c(=O)[nH]1. The maximum atomic E-state index is 11.3. The van der Waals surface area contributed by atoms with Crippen LogP contribution < -0.4 is 21.8 Å². The molecule has 1 aromatic heterocycles. The van der Waals surface area contributed by atoms with Crippen LogP contribution in [0.4, 0.5) is 0 Å². The number of carbonyl (C=O) groups is 2. The molecule has 0 saturated carbocycles. The molecule has 2 rings (SSSR count). The molecule has 0 aliphatic carbocycles. The van der Waals surface area contributed by atoms with Crippen LogP contribution in [0.3, 0.4) is 0 Å². The number of aliphatic carboxylic acids is 2. The maximum absolute atomic E-state index is 11.3. The highest BCUT2D eigenvalue weighted by molar-refractivity contribution is 5.79. The molecule has 150 valence electrons. The van der Waals surface area contributed by atoms with Crippen molar-refractivity contribution in [1.82, 2.24) is 14.5 Å². The van der Waals surface area contributed by atoms with Gasteiger partial charge < -0.3 is 14.9 Å². The lowest BCUT2D eigenvalue weighted by Gasteiger charge is -2.06. The van der Waals surface area contributed by atoms with Crippen LogP contribution in [-0.2, 0) is 16.1 Å². The number of para-hydroxylation sites is 1. The summed E-state index contributed by atoms with van der Waals surface area (Å²) < 4.78 is 6.21. The summed E-state index contributed by atoms with van der Waals surface area (Å²) in [4.78, 5) is 55.9. The smallest absolute Gasteiger partial charge is 0.333 e. The molecule has 0 aliphatic rings. The third-order valence-electron chi connectivity index (χ3n) is 2.61. The first-order valence-corrected chi connectivity index (χ1v) is 7.53. The first-order chi connectivity index (χ1) is 13.2. The average Bonchev–Trinajstić information content (AvgIpc) is 2.65. The molecular weight excluding hydrogens is 374 g/mol. The molecule has 0 bridgehead atoms. The topological polar surface area (TPSA) is 172 Å². The van der Waals surface area contributed by atoms with Gasteiger partial charge in [0, 0.05) is 12.2 Å². The third kappa shape index (κ3) is 10.7. The van der Waals surface area contributed by atoms with E-state index in [1.54, 1.807) is 12.1 Å². The summed E-state index contributed by atoms with van der Waals surface area (Å²) in [6.07, 6.45) is 1.67. The van der Waals surface area contributed by atoms with Crippen LogP contribution in [0.1, 0.15) is 0 Å². The second-order valence-corrected chi connectivity index (χ2v) is 4.59. The predicted molar refractivity (Wildman–Crippen MR) is 99.5 cm³/mol. The van der Waals surface area contributed by atoms with E-state index in [1.807, 2.05) is 28.2 Å². The maximum Gasteiger partial charge on any atom is 0.333 e. The zero-order chi connectivity index (χ0) is 21.5. The molecule has 0 radical (unpaired) electrons. The summed E-state index contributed by atoms with van der Waals surface area (Å²) in [6, 6.07) is 9.01. The summed E-state index contributed by atoms with van der Waals surface area (Å²) in [5.41, 5.74) is -2.31. The number of H-pyrrole nitrogens is 2. The average molecular weight is 393 g/mol. The zero-order valence-corrected chi connectivity index (χ0v) is 14.7. The van der Waals surface area contributed by atoms with Crippen LogP contribution in [0.15, 0.2) is 70.0 Å². The molecular formula is C17H19N3O8. The number of hydrogen-bond donors (Lipinski definition) is 4. The first-order valence-electron chi connectivity index (χ1n) is 7.53. The van der Waals surface area contributed by atoms with Gasteiger partial charge in [-0.25, -0.2) is 28.5 Å². The van der Waals surface area contributed by atoms with E-state index in [0.717, 1.165) is 16.7 Å². The fraction of sp³-hybridized carbons (Fsp3) is 0.118. The summed E-state index contributed by atoms with van der Waals surface area (Å²) >= 11 is 0. The van der Waals surface area contributed by atoms with E-state index < -0.39 is 29.0 Å². The van der Waals surface area contributed by atoms with Gasteiger partial charge in [0.2, 0.25) is 0 Å². The van der Waals surface area contributed by atoms with Gasteiger partial charge in [0.25, 0.3) is 0 Å². The lowest BCUT2D eigenvalue weighted by Crippen LogP contribution is -2.44. The van der Waals surface area contributed by atoms with Crippen LogP contribution in [0.2, 0.25) is 0 Å². The number of carboxylic acid groups (broad SMARTS) is 2. The Bertz CT molecular complexity index is 904. The van der Waals surface area contributed by atoms with Crippen LogP contribution >= 0.6 is 0 Å². The van der Waals surface area contributed by atoms with Crippen LogP contribution in [-0.4, -0.2) is 43.3 Å². The summed E-state index contributed by atoms with van der Waals surface area (Å²) in [5, 5.41) is 15.2. The van der Waals surface area contributed by atoms with Gasteiger partial charge in [-0.15, -0.1) is 0 Å². The van der Waals surface area contributed by atoms with E-state index in [4.69, 9.17) is 14.9 Å². The van der Waals surface area contributed by atoms with Crippen molar-refractivity contribution in [3.8, 4) is 5.75 Å². The normalized spacial score (nSPS) is 8.86. The van der Waals surface area contributed by atoms with Crippen molar-refractivity contribution >= 4 is 11.9 Å². The monoisotopic (exact) mass is 393 g/mol. The summed E-state index contributed by atoms with van der Waals surface area (Å²) in [6.45, 7) is 6.13. The number of nitrogens with zero attached hydrogens (tertiary/aromatic N) is 1. The summed E-state index contributed by atoms with van der Waals surface area (Å²) in [5.74, 6) is -1.32. The summed E-state index contributed by atoms with van der Waals surface area (Å²) in [7, 11) is 0. The van der Waals surface area contributed by atoms with Gasteiger partial charge >= 0.3 is 29.0 Å². The van der Waals surface area contributed by atoms with Crippen molar-refractivity contribution < 1.29 is 24.5 Å². The van der Waals surface area contributed by atoms with Gasteiger partial charge in [-0.05, 0) is 12.1 Å². The van der Waals surface area contributed by atoms with Crippen LogP contribution in [0.25, 0.3) is 0 Å². The van der Waals surface area contributed by atoms with E-state index in [-0.39, 0.29) is 13.2 Å². The first kappa shape index (κ1) is 23.9. The predicted octanol–water partition coefficient (Wildman–Crippen LogP) is -0.182. The van der Waals surface area contributed by atoms with E-state index >= 15 is 0 Å². The molecule has 0 unspecified atom stereocenters. The number of aromatic amines is 2. The van der Waals surface area contributed by atoms with Gasteiger partial charge in [0.05, 0.1) is 6.54 Å². The molecule has 0 aliphatic heterocycles. The van der Waals surface area contributed by atoms with Crippen LogP contribution in [0, 0.1) is 0 Å². The largest absolute Gasteiger partial charge is 0.492 e. The van der Waals surface area contributed by atoms with Crippen molar-refractivity contribution in [1.29, 1.82) is 0 Å². The number of aromatic nitrogens is 3. The van der Waals surface area contributed by atoms with Gasteiger partial charge in [-0.3, -0.25) is 9.97 Å². The minimum absolute atomic E-state index is 0.0554. The van der Waals surface area contributed by atoms with Gasteiger partial charge in [0.15, 0.2) is 0 Å². The highest BCUT2D eigenvalue weighted by atomic mass is 16.5. The van der Waals surface area contributed by atoms with Gasteiger partial charge in [0.1, 0.15) is 12.4 Å². The molecule has 28 heavy (non-hydrogen) atoms. The Morgan fingerprint density at radius 2 is 1.39 bits per heavy atom. The van der Waals surface area contributed by atoms with Crippen molar-refractivity contribution in [2.24, 2.45) is 0 Å². The molecule has 0 fully saturated rings. The number of carboxylic acids is 2. The molecule has 0 amide bonds. The van der Waals surface area contributed by atoms with E-state index in [0.29, 0.717) is 5.75 Å². The molecule has 1 aromatic carbocycles. The lowest BCUT2D eigenvalue weighted by atomic mass is 10.3. The van der Waals surface area contributed by atoms with Crippen molar-refractivity contribution in [3.05, 3.63) is 87.1 Å². The quantitative estimate of drug-likeness (QED) is 0.489. The van der Waals surface area contributed by atoms with Crippen molar-refractivity contribution in [3.63, 3.8) is 0 Å². The molecule has 11 nitrogen and oxygen atoms in total. The Balaban J connectivity index is 0.000000607. The Morgan fingerprint density at radius 3 is 1.79 bits per heavy atom. The van der Waals surface area contributed by atoms with E-state index in [2.05, 4.69) is 13.2 Å². The minimum atomic E-state index is -0.981. The Morgan fingerprint density at radius 1 is 0.964 bits per heavy atom. The van der Waals surface area contributed by atoms with Gasteiger partial charge in [-0.1, -0.05) is 31.4 Å². The lowest BCUT2D eigenvalue weighted by molar-refractivity contribution is -0.132. The second-order valence-electron chi connectivity index (χ2n) is 4.59. The van der Waals surface area contributed by atoms with E-state index in [9.17, 15) is 24.0 Å². The van der Waals surface area contributed by atoms with E-state index in [1.165, 1.54) is 0 Å². The van der Waals surface area contributed by atoms with Gasteiger partial charge in [-0.2, -0.15) is 0 Å².